The molecule has 1 heterocycles. The van der Waals surface area contributed by atoms with Gasteiger partial charge in [0.1, 0.15) is 0 Å². The molecule has 2 unspecified atom stereocenters. The van der Waals surface area contributed by atoms with Crippen LogP contribution in [-0.4, -0.2) is 28.2 Å². The number of aromatic amines is 1. The van der Waals surface area contributed by atoms with Gasteiger partial charge in [-0.3, -0.25) is 9.59 Å². The van der Waals surface area contributed by atoms with E-state index in [1.54, 1.807) is 6.07 Å². The molecule has 3 aromatic rings. The zero-order valence-electron chi connectivity index (χ0n) is 16.9. The molecule has 6 heteroatoms. The predicted molar refractivity (Wildman–Crippen MR) is 117 cm³/mol. The van der Waals surface area contributed by atoms with Crippen LogP contribution in [0.1, 0.15) is 38.7 Å². The highest BCUT2D eigenvalue weighted by molar-refractivity contribution is 5.90. The van der Waals surface area contributed by atoms with Crippen molar-refractivity contribution in [3.63, 3.8) is 0 Å². The quantitative estimate of drug-likeness (QED) is 0.519. The molecule has 0 fully saturated rings. The fourth-order valence-electron chi connectivity index (χ4n) is 3.48. The van der Waals surface area contributed by atoms with E-state index in [0.29, 0.717) is 17.6 Å². The molecule has 3 N–H and O–H groups in total. The standard InChI is InChI=1S/C23H28N4O2/c1-3-17(24-21(28)14-16-10-6-5-7-11-16)15-18(4-2)25-22-19-12-8-9-13-20(19)23(29)27-26-22/h5-13,17-18H,3-4,14-15H2,1-2H3,(H,24,28)(H,25,26)(H,27,29). The number of nitrogens with one attached hydrogen (secondary N) is 3. The Morgan fingerprint density at radius 2 is 1.62 bits per heavy atom. The lowest BCUT2D eigenvalue weighted by atomic mass is 10.0. The fourth-order valence-corrected chi connectivity index (χ4v) is 3.48. The summed E-state index contributed by atoms with van der Waals surface area (Å²) in [5.74, 6) is 0.697. The summed E-state index contributed by atoms with van der Waals surface area (Å²) in [5, 5.41) is 14.8. The highest BCUT2D eigenvalue weighted by Crippen LogP contribution is 2.20. The molecule has 0 bridgehead atoms. The van der Waals surface area contributed by atoms with E-state index in [9.17, 15) is 9.59 Å². The minimum Gasteiger partial charge on any atom is -0.365 e. The summed E-state index contributed by atoms with van der Waals surface area (Å²) in [7, 11) is 0. The van der Waals surface area contributed by atoms with Crippen molar-refractivity contribution in [2.75, 3.05) is 5.32 Å². The molecule has 0 aliphatic heterocycles. The summed E-state index contributed by atoms with van der Waals surface area (Å²) in [6, 6.07) is 17.4. The van der Waals surface area contributed by atoms with Gasteiger partial charge in [-0.05, 0) is 30.9 Å². The van der Waals surface area contributed by atoms with Crippen LogP contribution in [-0.2, 0) is 11.2 Å². The second kappa shape index (κ2) is 9.87. The van der Waals surface area contributed by atoms with E-state index in [1.807, 2.05) is 48.5 Å². The van der Waals surface area contributed by atoms with Gasteiger partial charge in [0.25, 0.3) is 5.56 Å². The van der Waals surface area contributed by atoms with Crippen LogP contribution in [0.4, 0.5) is 5.82 Å². The number of hydrogen-bond donors (Lipinski definition) is 3. The van der Waals surface area contributed by atoms with Gasteiger partial charge in [0, 0.05) is 17.5 Å². The number of rotatable bonds is 9. The summed E-state index contributed by atoms with van der Waals surface area (Å²) < 4.78 is 0. The first-order valence-corrected chi connectivity index (χ1v) is 10.2. The van der Waals surface area contributed by atoms with Crippen LogP contribution in [0, 0.1) is 0 Å². The molecule has 2 aromatic carbocycles. The highest BCUT2D eigenvalue weighted by atomic mass is 16.1. The zero-order valence-corrected chi connectivity index (χ0v) is 16.9. The molecule has 2 atom stereocenters. The maximum atomic E-state index is 12.4. The van der Waals surface area contributed by atoms with Crippen LogP contribution in [0.2, 0.25) is 0 Å². The largest absolute Gasteiger partial charge is 0.365 e. The number of benzene rings is 2. The van der Waals surface area contributed by atoms with E-state index in [4.69, 9.17) is 0 Å². The zero-order chi connectivity index (χ0) is 20.6. The minimum absolute atomic E-state index is 0.0329. The molecular weight excluding hydrogens is 364 g/mol. The van der Waals surface area contributed by atoms with Gasteiger partial charge in [-0.25, -0.2) is 5.10 Å². The van der Waals surface area contributed by atoms with Gasteiger partial charge in [-0.1, -0.05) is 62.4 Å². The number of aromatic nitrogens is 2. The van der Waals surface area contributed by atoms with Crippen LogP contribution in [0.25, 0.3) is 10.8 Å². The Hall–Kier alpha value is -3.15. The third kappa shape index (κ3) is 5.44. The molecule has 152 valence electrons. The van der Waals surface area contributed by atoms with Gasteiger partial charge in [-0.2, -0.15) is 5.10 Å². The predicted octanol–water partition coefficient (Wildman–Crippen LogP) is 3.64. The van der Waals surface area contributed by atoms with Gasteiger partial charge in [0.05, 0.1) is 11.8 Å². The average Bonchev–Trinajstić information content (AvgIpc) is 2.75. The van der Waals surface area contributed by atoms with Gasteiger partial charge in [0.15, 0.2) is 5.82 Å². The van der Waals surface area contributed by atoms with Gasteiger partial charge < -0.3 is 10.6 Å². The maximum Gasteiger partial charge on any atom is 0.272 e. The number of carbonyl (C=O) groups is 1. The van der Waals surface area contributed by atoms with E-state index in [1.165, 1.54) is 0 Å². The molecule has 0 aliphatic carbocycles. The Labute approximate surface area is 170 Å². The first-order chi connectivity index (χ1) is 14.1. The lowest BCUT2D eigenvalue weighted by Gasteiger charge is -2.24. The van der Waals surface area contributed by atoms with Crippen LogP contribution in [0.15, 0.2) is 59.4 Å². The van der Waals surface area contributed by atoms with Crippen molar-refractivity contribution < 1.29 is 4.79 Å². The van der Waals surface area contributed by atoms with E-state index in [0.717, 1.165) is 30.2 Å². The Balaban J connectivity index is 1.66. The summed E-state index contributed by atoms with van der Waals surface area (Å²) in [5.41, 5.74) is 0.813. The third-order valence-corrected chi connectivity index (χ3v) is 5.16. The SMILES string of the molecule is CCC(CC(CC)Nc1n[nH]c(=O)c2ccccc12)NC(=O)Cc1ccccc1. The topological polar surface area (TPSA) is 86.9 Å². The van der Waals surface area contributed by atoms with Gasteiger partial charge in [0.2, 0.25) is 5.91 Å². The van der Waals surface area contributed by atoms with E-state index in [2.05, 4.69) is 34.7 Å². The maximum absolute atomic E-state index is 12.4. The smallest absolute Gasteiger partial charge is 0.272 e. The number of carbonyl (C=O) groups excluding carboxylic acids is 1. The number of H-pyrrole nitrogens is 1. The van der Waals surface area contributed by atoms with Gasteiger partial charge >= 0.3 is 0 Å². The molecule has 0 saturated carbocycles. The van der Waals surface area contributed by atoms with Crippen LogP contribution >= 0.6 is 0 Å². The minimum atomic E-state index is -0.196. The van der Waals surface area contributed by atoms with E-state index >= 15 is 0 Å². The van der Waals surface area contributed by atoms with E-state index in [-0.39, 0.29) is 23.6 Å². The second-order valence-electron chi connectivity index (χ2n) is 7.27. The summed E-state index contributed by atoms with van der Waals surface area (Å²) >= 11 is 0. The monoisotopic (exact) mass is 392 g/mol. The van der Waals surface area contributed by atoms with Crippen molar-refractivity contribution in [3.05, 3.63) is 70.5 Å². The summed E-state index contributed by atoms with van der Waals surface area (Å²) in [4.78, 5) is 24.4. The number of amides is 1. The molecule has 0 aliphatic rings. The molecule has 29 heavy (non-hydrogen) atoms. The number of hydrogen-bond acceptors (Lipinski definition) is 4. The van der Waals surface area contributed by atoms with Crippen molar-refractivity contribution in [2.24, 2.45) is 0 Å². The molecular formula is C23H28N4O2. The van der Waals surface area contributed by atoms with Crippen molar-refractivity contribution in [3.8, 4) is 0 Å². The summed E-state index contributed by atoms with van der Waals surface area (Å²) in [6.07, 6.45) is 2.88. The lowest BCUT2D eigenvalue weighted by molar-refractivity contribution is -0.121. The molecule has 1 amide bonds. The normalized spacial score (nSPS) is 13.0. The number of fused-ring (bicyclic) bond motifs is 1. The molecule has 6 nitrogen and oxygen atoms in total. The first kappa shape index (κ1) is 20.6. The Bertz CT molecular complexity index is 1000. The Kier molecular flexibility index (Phi) is 7.00. The van der Waals surface area contributed by atoms with Gasteiger partial charge in [-0.15, -0.1) is 0 Å². The van der Waals surface area contributed by atoms with Crippen LogP contribution in [0.5, 0.6) is 0 Å². The van der Waals surface area contributed by atoms with Crippen LogP contribution < -0.4 is 16.2 Å². The molecule has 0 radical (unpaired) electrons. The third-order valence-electron chi connectivity index (χ3n) is 5.16. The summed E-state index contributed by atoms with van der Waals surface area (Å²) in [6.45, 7) is 4.18. The Morgan fingerprint density at radius 3 is 2.31 bits per heavy atom. The average molecular weight is 393 g/mol. The first-order valence-electron chi connectivity index (χ1n) is 10.2. The number of nitrogens with zero attached hydrogens (tertiary/aromatic N) is 1. The molecule has 1 aromatic heterocycles. The van der Waals surface area contributed by atoms with Crippen molar-refractivity contribution in [1.29, 1.82) is 0 Å². The molecule has 0 spiro atoms. The Morgan fingerprint density at radius 1 is 0.966 bits per heavy atom. The number of anilines is 1. The highest BCUT2D eigenvalue weighted by Gasteiger charge is 2.18. The van der Waals surface area contributed by atoms with Crippen molar-refractivity contribution >= 4 is 22.5 Å². The molecule has 3 rings (SSSR count). The van der Waals surface area contributed by atoms with Crippen LogP contribution in [0.3, 0.4) is 0 Å². The molecule has 0 saturated heterocycles. The lowest BCUT2D eigenvalue weighted by Crippen LogP contribution is -2.39. The van der Waals surface area contributed by atoms with E-state index < -0.39 is 0 Å². The van der Waals surface area contributed by atoms with Crippen molar-refractivity contribution in [1.82, 2.24) is 15.5 Å². The second-order valence-corrected chi connectivity index (χ2v) is 7.27. The fraction of sp³-hybridized carbons (Fsp3) is 0.348. The van der Waals surface area contributed by atoms with Crippen molar-refractivity contribution in [2.45, 2.75) is 51.6 Å².